The van der Waals surface area contributed by atoms with Crippen LogP contribution in [0.1, 0.15) is 39.0 Å². The average molecular weight is 291 g/mol. The molecule has 0 aromatic heterocycles. The number of hydrogen-bond acceptors (Lipinski definition) is 5. The van der Waals surface area contributed by atoms with Gasteiger partial charge in [0.05, 0.1) is 6.61 Å². The van der Waals surface area contributed by atoms with Crippen LogP contribution in [-0.2, 0) is 14.3 Å². The van der Waals surface area contributed by atoms with E-state index in [0.717, 1.165) is 37.0 Å². The largest absolute Gasteiger partial charge is 0.462 e. The Kier molecular flexibility index (Phi) is 4.58. The van der Waals surface area contributed by atoms with Crippen molar-refractivity contribution < 1.29 is 19.1 Å². The normalized spacial score (nSPS) is 21.8. The summed E-state index contributed by atoms with van der Waals surface area (Å²) in [4.78, 5) is 37.1. The molecule has 2 rings (SSSR count). The minimum Gasteiger partial charge on any atom is -0.462 e. The Morgan fingerprint density at radius 2 is 2.05 bits per heavy atom. The molecule has 1 N–H and O–H groups in total. The average Bonchev–Trinajstić information content (AvgIpc) is 2.76. The van der Waals surface area contributed by atoms with Gasteiger partial charge in [0.15, 0.2) is 5.57 Å². The second kappa shape index (κ2) is 6.39. The lowest BCUT2D eigenvalue weighted by atomic mass is 9.94. The Hall–Kier alpha value is -2.36. The highest BCUT2D eigenvalue weighted by atomic mass is 16.5. The van der Waals surface area contributed by atoms with Gasteiger partial charge >= 0.3 is 12.0 Å². The van der Waals surface area contributed by atoms with Gasteiger partial charge in [-0.15, -0.1) is 0 Å². The predicted octanol–water partition coefficient (Wildman–Crippen LogP) is 1.21. The molecule has 1 aliphatic heterocycles. The summed E-state index contributed by atoms with van der Waals surface area (Å²) in [5, 5.41) is 11.4. The summed E-state index contributed by atoms with van der Waals surface area (Å²) >= 11 is 0. The zero-order valence-corrected chi connectivity index (χ0v) is 11.8. The highest BCUT2D eigenvalue weighted by Gasteiger charge is 2.41. The van der Waals surface area contributed by atoms with Gasteiger partial charge in [0.1, 0.15) is 11.8 Å². The molecule has 0 aromatic carbocycles. The van der Waals surface area contributed by atoms with Crippen LogP contribution in [0.4, 0.5) is 4.79 Å². The van der Waals surface area contributed by atoms with E-state index in [2.05, 4.69) is 5.32 Å². The van der Waals surface area contributed by atoms with Gasteiger partial charge in [-0.2, -0.15) is 5.26 Å². The Bertz CT molecular complexity index is 541. The molecule has 7 heteroatoms. The number of amides is 3. The molecule has 0 atom stereocenters. The third-order valence-corrected chi connectivity index (χ3v) is 3.66. The van der Waals surface area contributed by atoms with Gasteiger partial charge < -0.3 is 10.1 Å². The van der Waals surface area contributed by atoms with Gasteiger partial charge in [-0.05, 0) is 19.8 Å². The van der Waals surface area contributed by atoms with E-state index >= 15 is 0 Å². The lowest BCUT2D eigenvalue weighted by Crippen LogP contribution is -2.41. The van der Waals surface area contributed by atoms with E-state index in [1.165, 1.54) is 0 Å². The van der Waals surface area contributed by atoms with Crippen molar-refractivity contribution in [3.05, 3.63) is 11.3 Å². The molecule has 1 heterocycles. The summed E-state index contributed by atoms with van der Waals surface area (Å²) in [5.74, 6) is -1.51. The summed E-state index contributed by atoms with van der Waals surface area (Å²) in [6.07, 6.45) is 4.53. The standard InChI is InChI=1S/C14H17N3O4/c1-2-21-13(19)10(8-15)11-12(18)17(14(20)16-11)9-6-4-3-5-7-9/h9H,2-7H2,1H3,(H,16,20)/b11-10-. The molecule has 0 radical (unpaired) electrons. The summed E-state index contributed by atoms with van der Waals surface area (Å²) in [6, 6.07) is 0.914. The maximum absolute atomic E-state index is 12.4. The number of hydrogen-bond donors (Lipinski definition) is 1. The van der Waals surface area contributed by atoms with Crippen LogP contribution in [0.15, 0.2) is 11.3 Å². The highest BCUT2D eigenvalue weighted by Crippen LogP contribution is 2.27. The molecule has 0 spiro atoms. The van der Waals surface area contributed by atoms with Crippen LogP contribution in [0.25, 0.3) is 0 Å². The fourth-order valence-electron chi connectivity index (χ4n) is 2.68. The molecule has 112 valence electrons. The smallest absolute Gasteiger partial charge is 0.351 e. The number of nitriles is 1. The molecule has 3 amide bonds. The number of ether oxygens (including phenoxy) is 1. The van der Waals surface area contributed by atoms with Gasteiger partial charge in [0, 0.05) is 6.04 Å². The second-order valence-corrected chi connectivity index (χ2v) is 4.98. The van der Waals surface area contributed by atoms with Crippen LogP contribution < -0.4 is 5.32 Å². The highest BCUT2D eigenvalue weighted by molar-refractivity contribution is 6.16. The van der Waals surface area contributed by atoms with Crippen molar-refractivity contribution >= 4 is 17.9 Å². The first-order valence-corrected chi connectivity index (χ1v) is 7.06. The molecule has 21 heavy (non-hydrogen) atoms. The third kappa shape index (κ3) is 2.89. The Morgan fingerprint density at radius 1 is 1.38 bits per heavy atom. The van der Waals surface area contributed by atoms with Gasteiger partial charge in [-0.1, -0.05) is 19.3 Å². The molecule has 2 aliphatic rings. The number of carbonyl (C=O) groups is 3. The lowest BCUT2D eigenvalue weighted by molar-refractivity contribution is -0.138. The molecule has 0 unspecified atom stereocenters. The van der Waals surface area contributed by atoms with Crippen LogP contribution in [0, 0.1) is 11.3 Å². The summed E-state index contributed by atoms with van der Waals surface area (Å²) in [6.45, 7) is 1.69. The van der Waals surface area contributed by atoms with Crippen LogP contribution in [0.2, 0.25) is 0 Å². The summed E-state index contributed by atoms with van der Waals surface area (Å²) < 4.78 is 4.73. The zero-order chi connectivity index (χ0) is 15.4. The number of nitrogens with zero attached hydrogens (tertiary/aromatic N) is 2. The Balaban J connectivity index is 2.27. The Labute approximate surface area is 122 Å². The first-order valence-electron chi connectivity index (χ1n) is 7.06. The van der Waals surface area contributed by atoms with Gasteiger partial charge in [-0.25, -0.2) is 9.59 Å². The van der Waals surface area contributed by atoms with Crippen molar-refractivity contribution in [2.24, 2.45) is 0 Å². The van der Waals surface area contributed by atoms with E-state index in [9.17, 15) is 14.4 Å². The monoisotopic (exact) mass is 291 g/mol. The van der Waals surface area contributed by atoms with Gasteiger partial charge in [0.2, 0.25) is 0 Å². The zero-order valence-electron chi connectivity index (χ0n) is 11.8. The summed E-state index contributed by atoms with van der Waals surface area (Å²) in [7, 11) is 0. The number of carbonyl (C=O) groups excluding carboxylic acids is 3. The van der Waals surface area contributed by atoms with E-state index in [0.29, 0.717) is 0 Å². The predicted molar refractivity (Wildman–Crippen MR) is 71.5 cm³/mol. The SMILES string of the molecule is CCOC(=O)/C(C#N)=C1\NC(=O)N(C2CCCCC2)C1=O. The van der Waals surface area contributed by atoms with Gasteiger partial charge in [0.25, 0.3) is 5.91 Å². The van der Waals surface area contributed by atoms with Crippen LogP contribution >= 0.6 is 0 Å². The lowest BCUT2D eigenvalue weighted by Gasteiger charge is -2.28. The number of nitrogens with one attached hydrogen (secondary N) is 1. The second-order valence-electron chi connectivity index (χ2n) is 4.98. The van der Waals surface area contributed by atoms with E-state index in [-0.39, 0.29) is 18.3 Å². The quantitative estimate of drug-likeness (QED) is 0.364. The number of esters is 1. The van der Waals surface area contributed by atoms with Crippen molar-refractivity contribution in [1.29, 1.82) is 5.26 Å². The van der Waals surface area contributed by atoms with Crippen LogP contribution in [0.5, 0.6) is 0 Å². The van der Waals surface area contributed by atoms with Crippen molar-refractivity contribution in [2.75, 3.05) is 6.61 Å². The molecule has 0 bridgehead atoms. The molecule has 1 saturated carbocycles. The fraction of sp³-hybridized carbons (Fsp3) is 0.571. The van der Waals surface area contributed by atoms with Gasteiger partial charge in [-0.3, -0.25) is 9.69 Å². The fourth-order valence-corrected chi connectivity index (χ4v) is 2.68. The van der Waals surface area contributed by atoms with E-state index in [4.69, 9.17) is 10.00 Å². The molecule has 0 aromatic rings. The first-order chi connectivity index (χ1) is 10.1. The van der Waals surface area contributed by atoms with E-state index in [1.807, 2.05) is 0 Å². The van der Waals surface area contributed by atoms with E-state index < -0.39 is 23.5 Å². The number of rotatable bonds is 3. The minimum atomic E-state index is -0.894. The third-order valence-electron chi connectivity index (χ3n) is 3.66. The van der Waals surface area contributed by atoms with Crippen molar-refractivity contribution in [1.82, 2.24) is 10.2 Å². The first kappa shape index (κ1) is 15.0. The molecule has 7 nitrogen and oxygen atoms in total. The van der Waals surface area contributed by atoms with Crippen LogP contribution in [0.3, 0.4) is 0 Å². The minimum absolute atomic E-state index is 0.0891. The van der Waals surface area contributed by atoms with Crippen molar-refractivity contribution in [3.8, 4) is 6.07 Å². The van der Waals surface area contributed by atoms with Crippen LogP contribution in [-0.4, -0.2) is 35.5 Å². The molecule has 2 fully saturated rings. The Morgan fingerprint density at radius 3 is 2.62 bits per heavy atom. The number of imide groups is 1. The van der Waals surface area contributed by atoms with Crippen molar-refractivity contribution in [3.63, 3.8) is 0 Å². The maximum atomic E-state index is 12.4. The molecule has 1 aliphatic carbocycles. The summed E-state index contributed by atoms with van der Waals surface area (Å²) in [5.41, 5.74) is -0.722. The van der Waals surface area contributed by atoms with Crippen molar-refractivity contribution in [2.45, 2.75) is 45.1 Å². The van der Waals surface area contributed by atoms with E-state index in [1.54, 1.807) is 13.0 Å². The molecular weight excluding hydrogens is 274 g/mol. The topological polar surface area (TPSA) is 99.5 Å². The number of urea groups is 1. The molecule has 1 saturated heterocycles. The maximum Gasteiger partial charge on any atom is 0.351 e. The molecular formula is C14H17N3O4.